The van der Waals surface area contributed by atoms with Crippen molar-refractivity contribution in [2.75, 3.05) is 7.11 Å². The number of hydrogen-bond acceptors (Lipinski definition) is 4. The van der Waals surface area contributed by atoms with Crippen molar-refractivity contribution in [3.8, 4) is 5.75 Å². The maximum absolute atomic E-state index is 5.11. The minimum absolute atomic E-state index is 0.894. The van der Waals surface area contributed by atoms with Crippen LogP contribution in [-0.2, 0) is 5.75 Å². The van der Waals surface area contributed by atoms with Gasteiger partial charge in [-0.05, 0) is 33.6 Å². The quantitative estimate of drug-likeness (QED) is 0.588. The zero-order valence-electron chi connectivity index (χ0n) is 12.6. The summed E-state index contributed by atoms with van der Waals surface area (Å²) in [5.74, 6) is 1.83. The first kappa shape index (κ1) is 19.5. The van der Waals surface area contributed by atoms with Gasteiger partial charge in [-0.15, -0.1) is 11.3 Å². The van der Waals surface area contributed by atoms with Crippen LogP contribution in [0.5, 0.6) is 5.75 Å². The Kier molecular flexibility index (Phi) is 11.9. The molecule has 1 heterocycles. The van der Waals surface area contributed by atoms with Crippen LogP contribution in [0.25, 0.3) is 0 Å². The van der Waals surface area contributed by atoms with Crippen LogP contribution < -0.4 is 4.74 Å². The molecule has 0 N–H and O–H groups in total. The molecule has 1 aromatic carbocycles. The first-order chi connectivity index (χ1) is 9.78. The lowest BCUT2D eigenvalue weighted by Gasteiger charge is -2.01. The molecule has 0 atom stereocenters. The fourth-order valence-electron chi connectivity index (χ4n) is 1.17. The van der Waals surface area contributed by atoms with Crippen molar-refractivity contribution in [3.05, 3.63) is 39.8 Å². The van der Waals surface area contributed by atoms with Gasteiger partial charge in [0, 0.05) is 5.75 Å². The van der Waals surface area contributed by atoms with Crippen molar-refractivity contribution in [3.63, 3.8) is 0 Å². The molecular weight excluding hydrogens is 354 g/mol. The van der Waals surface area contributed by atoms with Crippen LogP contribution in [-0.4, -0.2) is 12.1 Å². The molecule has 0 radical (unpaired) electrons. The van der Waals surface area contributed by atoms with E-state index >= 15 is 0 Å². The Balaban J connectivity index is 0.000000829. The average Bonchev–Trinajstić information content (AvgIpc) is 2.95. The summed E-state index contributed by atoms with van der Waals surface area (Å²) in [6.45, 7) is 8.00. The molecule has 0 aliphatic heterocycles. The molecule has 0 saturated heterocycles. The number of nitrogens with zero attached hydrogens (tertiary/aromatic N) is 1. The van der Waals surface area contributed by atoms with Crippen molar-refractivity contribution in [2.45, 2.75) is 37.8 Å². The van der Waals surface area contributed by atoms with E-state index in [0.29, 0.717) is 0 Å². The highest BCUT2D eigenvalue weighted by molar-refractivity contribution is 9.11. The summed E-state index contributed by atoms with van der Waals surface area (Å²) in [6.07, 6.45) is 1.83. The highest BCUT2D eigenvalue weighted by Gasteiger charge is 2.01. The summed E-state index contributed by atoms with van der Waals surface area (Å²) in [6, 6.07) is 8.12. The zero-order valence-corrected chi connectivity index (χ0v) is 15.9. The molecule has 20 heavy (non-hydrogen) atoms. The van der Waals surface area contributed by atoms with E-state index in [9.17, 15) is 0 Å². The summed E-state index contributed by atoms with van der Waals surface area (Å²) < 4.78 is 7.27. The van der Waals surface area contributed by atoms with Gasteiger partial charge in [0.05, 0.1) is 17.1 Å². The first-order valence-electron chi connectivity index (χ1n) is 6.65. The fourth-order valence-corrected chi connectivity index (χ4v) is 3.73. The molecule has 0 spiro atoms. The molecule has 0 unspecified atom stereocenters. The van der Waals surface area contributed by atoms with Crippen LogP contribution in [0.4, 0.5) is 0 Å². The Morgan fingerprint density at radius 3 is 2.20 bits per heavy atom. The summed E-state index contributed by atoms with van der Waals surface area (Å²) >= 11 is 6.81. The summed E-state index contributed by atoms with van der Waals surface area (Å²) in [7, 11) is 1.68. The van der Waals surface area contributed by atoms with Gasteiger partial charge in [0.15, 0.2) is 4.34 Å². The lowest BCUT2D eigenvalue weighted by molar-refractivity contribution is 0.414. The Labute approximate surface area is 139 Å². The maximum atomic E-state index is 5.11. The summed E-state index contributed by atoms with van der Waals surface area (Å²) in [4.78, 5) is 4.27. The fraction of sp³-hybridized carbons (Fsp3) is 0.400. The number of benzene rings is 1. The monoisotopic (exact) mass is 375 g/mol. The van der Waals surface area contributed by atoms with Gasteiger partial charge in [-0.1, -0.05) is 51.6 Å². The van der Waals surface area contributed by atoms with Gasteiger partial charge in [0.2, 0.25) is 0 Å². The number of aromatic nitrogens is 1. The second-order valence-corrected chi connectivity index (χ2v) is 6.70. The molecule has 0 saturated carbocycles. The molecule has 0 bridgehead atoms. The molecule has 0 aliphatic carbocycles. The van der Waals surface area contributed by atoms with Crippen LogP contribution >= 0.6 is 39.0 Å². The first-order valence-corrected chi connectivity index (χ1v) is 9.24. The Morgan fingerprint density at radius 2 is 1.75 bits per heavy atom. The van der Waals surface area contributed by atoms with E-state index in [1.165, 1.54) is 5.56 Å². The third kappa shape index (κ3) is 7.31. The molecule has 0 fully saturated rings. The van der Waals surface area contributed by atoms with Crippen LogP contribution in [0.1, 0.15) is 33.3 Å². The molecular formula is C15H22BrNOS2. The van der Waals surface area contributed by atoms with Gasteiger partial charge in [-0.2, -0.15) is 0 Å². The van der Waals surface area contributed by atoms with Crippen molar-refractivity contribution < 1.29 is 4.74 Å². The van der Waals surface area contributed by atoms with Crippen molar-refractivity contribution in [2.24, 2.45) is 0 Å². The van der Waals surface area contributed by atoms with E-state index in [4.69, 9.17) is 4.74 Å². The predicted octanol–water partition coefficient (Wildman–Crippen LogP) is 6.26. The van der Waals surface area contributed by atoms with E-state index in [1.54, 1.807) is 30.2 Å². The molecule has 0 aliphatic rings. The summed E-state index contributed by atoms with van der Waals surface area (Å²) in [5.41, 5.74) is 1.28. The topological polar surface area (TPSA) is 22.1 Å². The Morgan fingerprint density at radius 1 is 1.15 bits per heavy atom. The number of ether oxygens (including phenoxy) is 1. The van der Waals surface area contributed by atoms with Gasteiger partial charge in [-0.25, -0.2) is 4.98 Å². The number of rotatable bonds is 4. The molecule has 0 amide bonds. The Bertz CT molecular complexity index is 457. The largest absolute Gasteiger partial charge is 0.497 e. The average molecular weight is 376 g/mol. The van der Waals surface area contributed by atoms with E-state index in [0.717, 1.165) is 19.6 Å². The molecule has 1 aromatic heterocycles. The third-order valence-electron chi connectivity index (χ3n) is 1.98. The smallest absolute Gasteiger partial charge is 0.151 e. The number of methoxy groups -OCH3 is 1. The minimum Gasteiger partial charge on any atom is -0.497 e. The van der Waals surface area contributed by atoms with E-state index in [2.05, 4.69) is 33.0 Å². The van der Waals surface area contributed by atoms with E-state index in [1.807, 2.05) is 46.0 Å². The van der Waals surface area contributed by atoms with Gasteiger partial charge >= 0.3 is 0 Å². The van der Waals surface area contributed by atoms with Crippen LogP contribution in [0.15, 0.2) is 38.6 Å². The highest BCUT2D eigenvalue weighted by Crippen LogP contribution is 2.30. The molecule has 2 rings (SSSR count). The van der Waals surface area contributed by atoms with Gasteiger partial charge in [0.1, 0.15) is 5.75 Å². The van der Waals surface area contributed by atoms with Crippen molar-refractivity contribution in [1.29, 1.82) is 0 Å². The molecule has 2 nitrogen and oxygen atoms in total. The maximum Gasteiger partial charge on any atom is 0.151 e. The third-order valence-corrected chi connectivity index (χ3v) is 4.68. The van der Waals surface area contributed by atoms with Crippen LogP contribution in [0.3, 0.4) is 0 Å². The van der Waals surface area contributed by atoms with E-state index in [-0.39, 0.29) is 0 Å². The highest BCUT2D eigenvalue weighted by atomic mass is 79.9. The molecule has 2 aromatic rings. The van der Waals surface area contributed by atoms with E-state index < -0.39 is 0 Å². The normalized spacial score (nSPS) is 8.90. The van der Waals surface area contributed by atoms with Crippen molar-refractivity contribution >= 4 is 39.0 Å². The number of thiazole rings is 1. The molecule has 112 valence electrons. The molecule has 5 heteroatoms. The number of thioether (sulfide) groups is 1. The minimum atomic E-state index is 0.894. The lowest BCUT2D eigenvalue weighted by atomic mass is 10.2. The summed E-state index contributed by atoms with van der Waals surface area (Å²) in [5, 5.41) is 0. The standard InChI is InChI=1S/C11H10BrNOS2.2C2H6/c1-14-9-4-2-8(3-5-9)7-15-11-13-6-10(12)16-11;2*1-2/h2-6H,7H2,1H3;2*1-2H3. The van der Waals surface area contributed by atoms with Crippen molar-refractivity contribution in [1.82, 2.24) is 4.98 Å². The number of hydrogen-bond donors (Lipinski definition) is 0. The second kappa shape index (κ2) is 12.2. The van der Waals surface area contributed by atoms with Gasteiger partial charge in [0.25, 0.3) is 0 Å². The number of halogens is 1. The van der Waals surface area contributed by atoms with Crippen LogP contribution in [0, 0.1) is 0 Å². The predicted molar refractivity (Wildman–Crippen MR) is 95.1 cm³/mol. The Hall–Kier alpha value is -0.520. The second-order valence-electron chi connectivity index (χ2n) is 3.07. The van der Waals surface area contributed by atoms with Crippen LogP contribution in [0.2, 0.25) is 0 Å². The van der Waals surface area contributed by atoms with Gasteiger partial charge < -0.3 is 4.74 Å². The lowest BCUT2D eigenvalue weighted by Crippen LogP contribution is -1.84. The SMILES string of the molecule is CC.CC.COc1ccc(CSc2ncc(Br)s2)cc1. The zero-order chi connectivity index (χ0) is 15.4. The van der Waals surface area contributed by atoms with Gasteiger partial charge in [-0.3, -0.25) is 0 Å².